The lowest BCUT2D eigenvalue weighted by molar-refractivity contribution is -0.274. The summed E-state index contributed by atoms with van der Waals surface area (Å²) in [6.45, 7) is 0.0300. The zero-order valence-electron chi connectivity index (χ0n) is 15.2. The van der Waals surface area contributed by atoms with E-state index in [9.17, 15) is 30.8 Å². The minimum atomic E-state index is -4.88. The summed E-state index contributed by atoms with van der Waals surface area (Å²) in [4.78, 5) is 13.2. The van der Waals surface area contributed by atoms with Crippen LogP contribution in [0.5, 0.6) is 5.75 Å². The van der Waals surface area contributed by atoms with Crippen LogP contribution in [0.15, 0.2) is 53.4 Å². The molecule has 0 saturated heterocycles. The van der Waals surface area contributed by atoms with Crippen LogP contribution in [0.1, 0.15) is 12.0 Å². The molecule has 0 radical (unpaired) electrons. The van der Waals surface area contributed by atoms with E-state index in [0.717, 1.165) is 24.3 Å². The molecule has 6 nitrogen and oxygen atoms in total. The minimum Gasteiger partial charge on any atom is -0.406 e. The van der Waals surface area contributed by atoms with Gasteiger partial charge in [-0.25, -0.2) is 17.5 Å². The number of alkyl halides is 3. The van der Waals surface area contributed by atoms with Crippen LogP contribution in [0.4, 0.5) is 17.6 Å². The molecule has 0 aliphatic rings. The van der Waals surface area contributed by atoms with Crippen LogP contribution in [-0.2, 0) is 21.4 Å². The first-order chi connectivity index (χ1) is 13.5. The highest BCUT2D eigenvalue weighted by Gasteiger charge is 2.31. The Morgan fingerprint density at radius 3 is 2.21 bits per heavy atom. The molecule has 0 atom stereocenters. The third-order valence-corrected chi connectivity index (χ3v) is 5.23. The summed E-state index contributed by atoms with van der Waals surface area (Å²) in [7, 11) is -2.48. The summed E-state index contributed by atoms with van der Waals surface area (Å²) in [5, 5.41) is 0. The van der Waals surface area contributed by atoms with Crippen molar-refractivity contribution in [1.29, 1.82) is 0 Å². The Kier molecular flexibility index (Phi) is 7.20. The lowest BCUT2D eigenvalue weighted by atomic mass is 10.2. The molecular weight excluding hydrogens is 416 g/mol. The van der Waals surface area contributed by atoms with Crippen molar-refractivity contribution in [3.63, 3.8) is 0 Å². The minimum absolute atomic E-state index is 0.133. The predicted octanol–water partition coefficient (Wildman–Crippen LogP) is 3.05. The number of nitrogens with zero attached hydrogens (tertiary/aromatic N) is 1. The molecule has 11 heteroatoms. The molecule has 0 unspecified atom stereocenters. The largest absolute Gasteiger partial charge is 0.573 e. The van der Waals surface area contributed by atoms with Crippen molar-refractivity contribution in [2.45, 2.75) is 24.2 Å². The number of hydrogen-bond acceptors (Lipinski definition) is 4. The number of amides is 1. The molecule has 0 saturated carbocycles. The summed E-state index contributed by atoms with van der Waals surface area (Å²) >= 11 is 0. The molecule has 1 N–H and O–H groups in total. The summed E-state index contributed by atoms with van der Waals surface area (Å²) < 4.78 is 79.5. The van der Waals surface area contributed by atoms with E-state index in [4.69, 9.17) is 0 Å². The number of nitrogens with one attached hydrogen (secondary N) is 1. The molecule has 2 aromatic carbocycles. The zero-order valence-corrected chi connectivity index (χ0v) is 16.1. The lowest BCUT2D eigenvalue weighted by Gasteiger charge is -2.17. The molecule has 1 amide bonds. The maximum atomic E-state index is 12.9. The van der Waals surface area contributed by atoms with Crippen LogP contribution >= 0.6 is 0 Å². The van der Waals surface area contributed by atoms with Gasteiger partial charge in [-0.15, -0.1) is 13.2 Å². The van der Waals surface area contributed by atoms with Gasteiger partial charge in [0.25, 0.3) is 0 Å². The van der Waals surface area contributed by atoms with Gasteiger partial charge in [0.15, 0.2) is 0 Å². The Bertz CT molecular complexity index is 930. The first-order valence-electron chi connectivity index (χ1n) is 8.30. The fourth-order valence-corrected chi connectivity index (χ4v) is 3.37. The number of ether oxygens (including phenoxy) is 1. The Labute approximate surface area is 165 Å². The van der Waals surface area contributed by atoms with Crippen molar-refractivity contribution in [2.24, 2.45) is 0 Å². The van der Waals surface area contributed by atoms with Gasteiger partial charge < -0.3 is 9.64 Å². The molecule has 2 aromatic rings. The Morgan fingerprint density at radius 2 is 1.66 bits per heavy atom. The van der Waals surface area contributed by atoms with Gasteiger partial charge in [0, 0.05) is 26.6 Å². The van der Waals surface area contributed by atoms with Crippen LogP contribution in [0.2, 0.25) is 0 Å². The Hall–Kier alpha value is -2.66. The average molecular weight is 434 g/mol. The van der Waals surface area contributed by atoms with Crippen molar-refractivity contribution in [1.82, 2.24) is 9.62 Å². The highest BCUT2D eigenvalue weighted by Crippen LogP contribution is 2.23. The first-order valence-corrected chi connectivity index (χ1v) is 9.78. The highest BCUT2D eigenvalue weighted by atomic mass is 32.2. The Morgan fingerprint density at radius 1 is 1.07 bits per heavy atom. The molecule has 158 valence electrons. The summed E-state index contributed by atoms with van der Waals surface area (Å²) in [5.41, 5.74) is 0.712. The fraction of sp³-hybridized carbons (Fsp3) is 0.278. The third kappa shape index (κ3) is 7.35. The molecule has 0 spiro atoms. The molecule has 0 aromatic heterocycles. The standard InChI is InChI=1S/C18H18F4N2O4S/c1-24(12-13-2-4-14(19)5-3-13)17(25)10-11-23-29(26,27)16-8-6-15(7-9-16)28-18(20,21)22/h2-9,23H,10-12H2,1H3. The number of carbonyl (C=O) groups is 1. The van der Waals surface area contributed by atoms with Crippen LogP contribution in [0, 0.1) is 5.82 Å². The van der Waals surface area contributed by atoms with Crippen LogP contribution in [-0.4, -0.2) is 39.2 Å². The highest BCUT2D eigenvalue weighted by molar-refractivity contribution is 7.89. The van der Waals surface area contributed by atoms with Crippen molar-refractivity contribution >= 4 is 15.9 Å². The lowest BCUT2D eigenvalue weighted by Crippen LogP contribution is -2.32. The van der Waals surface area contributed by atoms with Gasteiger partial charge in [-0.05, 0) is 42.0 Å². The quantitative estimate of drug-likeness (QED) is 0.648. The second kappa shape index (κ2) is 9.23. The van der Waals surface area contributed by atoms with E-state index in [1.807, 2.05) is 0 Å². The molecule has 0 heterocycles. The van der Waals surface area contributed by atoms with E-state index >= 15 is 0 Å². The van der Waals surface area contributed by atoms with Gasteiger partial charge in [0.1, 0.15) is 11.6 Å². The number of halogens is 4. The normalized spacial score (nSPS) is 11.9. The van der Waals surface area contributed by atoms with Crippen LogP contribution < -0.4 is 9.46 Å². The van der Waals surface area contributed by atoms with E-state index in [1.54, 1.807) is 0 Å². The van der Waals surface area contributed by atoms with Gasteiger partial charge in [0.05, 0.1) is 4.90 Å². The van der Waals surface area contributed by atoms with Gasteiger partial charge in [0.2, 0.25) is 15.9 Å². The summed E-state index contributed by atoms with van der Waals surface area (Å²) in [6.07, 6.45) is -5.01. The van der Waals surface area contributed by atoms with E-state index in [1.165, 1.54) is 36.2 Å². The summed E-state index contributed by atoms with van der Waals surface area (Å²) in [6, 6.07) is 9.30. The molecule has 0 fully saturated rings. The number of benzene rings is 2. The molecule has 0 aliphatic carbocycles. The number of rotatable bonds is 8. The fourth-order valence-electron chi connectivity index (χ4n) is 2.34. The topological polar surface area (TPSA) is 75.7 Å². The molecule has 2 rings (SSSR count). The van der Waals surface area contributed by atoms with Crippen molar-refractivity contribution in [3.8, 4) is 5.75 Å². The van der Waals surface area contributed by atoms with E-state index < -0.39 is 28.0 Å². The van der Waals surface area contributed by atoms with E-state index in [2.05, 4.69) is 9.46 Å². The van der Waals surface area contributed by atoms with Crippen molar-refractivity contribution in [2.75, 3.05) is 13.6 Å². The molecule has 0 aliphatic heterocycles. The molecule has 0 bridgehead atoms. The van der Waals surface area contributed by atoms with Crippen molar-refractivity contribution < 1.29 is 35.5 Å². The maximum absolute atomic E-state index is 12.9. The van der Waals surface area contributed by atoms with Gasteiger partial charge in [-0.3, -0.25) is 4.79 Å². The second-order valence-electron chi connectivity index (χ2n) is 6.04. The first kappa shape index (κ1) is 22.6. The van der Waals surface area contributed by atoms with E-state index in [-0.39, 0.29) is 30.3 Å². The number of carbonyl (C=O) groups excluding carboxylic acids is 1. The Balaban J connectivity index is 1.86. The molecule has 29 heavy (non-hydrogen) atoms. The van der Waals surface area contributed by atoms with Crippen LogP contribution in [0.25, 0.3) is 0 Å². The average Bonchev–Trinajstić information content (AvgIpc) is 2.62. The van der Waals surface area contributed by atoms with Crippen LogP contribution in [0.3, 0.4) is 0 Å². The summed E-state index contributed by atoms with van der Waals surface area (Å²) in [5.74, 6) is -1.28. The zero-order chi connectivity index (χ0) is 21.7. The predicted molar refractivity (Wildman–Crippen MR) is 95.8 cm³/mol. The van der Waals surface area contributed by atoms with Gasteiger partial charge in [-0.2, -0.15) is 0 Å². The second-order valence-corrected chi connectivity index (χ2v) is 7.81. The molecular formula is C18H18F4N2O4S. The monoisotopic (exact) mass is 434 g/mol. The van der Waals surface area contributed by atoms with E-state index in [0.29, 0.717) is 5.56 Å². The van der Waals surface area contributed by atoms with Gasteiger partial charge in [-0.1, -0.05) is 12.1 Å². The SMILES string of the molecule is CN(Cc1ccc(F)cc1)C(=O)CCNS(=O)(=O)c1ccc(OC(F)(F)F)cc1. The van der Waals surface area contributed by atoms with Crippen molar-refractivity contribution in [3.05, 3.63) is 59.9 Å². The third-order valence-electron chi connectivity index (χ3n) is 3.76. The smallest absolute Gasteiger partial charge is 0.406 e. The number of hydrogen-bond donors (Lipinski definition) is 1. The maximum Gasteiger partial charge on any atom is 0.573 e. The van der Waals surface area contributed by atoms with Gasteiger partial charge >= 0.3 is 6.36 Å². The number of sulfonamides is 1.